The summed E-state index contributed by atoms with van der Waals surface area (Å²) in [6, 6.07) is 3.60. The van der Waals surface area contributed by atoms with Crippen LogP contribution in [-0.2, 0) is 11.3 Å². The number of unbranched alkanes of at least 4 members (excludes halogenated alkanes) is 5. The van der Waals surface area contributed by atoms with E-state index >= 15 is 0 Å². The van der Waals surface area contributed by atoms with Gasteiger partial charge in [0.05, 0.1) is 10.7 Å². The minimum atomic E-state index is 0.0811. The second-order valence-electron chi connectivity index (χ2n) is 5.42. The van der Waals surface area contributed by atoms with Crippen LogP contribution in [0.4, 0.5) is 0 Å². The molecule has 0 radical (unpaired) electrons. The van der Waals surface area contributed by atoms with Crippen molar-refractivity contribution in [1.82, 2.24) is 5.32 Å². The van der Waals surface area contributed by atoms with Crippen molar-refractivity contribution in [2.45, 2.75) is 58.4 Å². The van der Waals surface area contributed by atoms with Gasteiger partial charge in [-0.15, -0.1) is 0 Å². The number of ether oxygens (including phenoxy) is 1. The van der Waals surface area contributed by atoms with Gasteiger partial charge in [-0.2, -0.15) is 0 Å². The lowest BCUT2D eigenvalue weighted by Crippen LogP contribution is -2.22. The van der Waals surface area contributed by atoms with E-state index in [2.05, 4.69) is 34.8 Å². The van der Waals surface area contributed by atoms with E-state index in [0.717, 1.165) is 22.0 Å². The fourth-order valence-electron chi connectivity index (χ4n) is 2.24. The maximum absolute atomic E-state index is 11.8. The summed E-state index contributed by atoms with van der Waals surface area (Å²) in [5, 5.41) is 12.7. The van der Waals surface area contributed by atoms with Crippen LogP contribution in [0.2, 0.25) is 0 Å². The molecule has 0 heterocycles. The van der Waals surface area contributed by atoms with Crippen LogP contribution in [0.3, 0.4) is 0 Å². The molecule has 0 fully saturated rings. The largest absolute Gasteiger partial charge is 0.504 e. The van der Waals surface area contributed by atoms with Crippen LogP contribution in [0.5, 0.6) is 11.5 Å². The lowest BCUT2D eigenvalue weighted by Gasteiger charge is -2.10. The smallest absolute Gasteiger partial charge is 0.220 e. The monoisotopic (exact) mass is 419 g/mol. The van der Waals surface area contributed by atoms with Crippen LogP contribution in [-0.4, -0.2) is 18.1 Å². The van der Waals surface area contributed by atoms with Gasteiger partial charge < -0.3 is 15.2 Å². The number of benzene rings is 1. The Labute approximate surface area is 146 Å². The molecule has 0 aliphatic heterocycles. The number of hydrogen-bond acceptors (Lipinski definition) is 3. The zero-order chi connectivity index (χ0) is 16.4. The average molecular weight is 419 g/mol. The second kappa shape index (κ2) is 10.7. The molecule has 22 heavy (non-hydrogen) atoms. The Kier molecular flexibility index (Phi) is 9.27. The van der Waals surface area contributed by atoms with Gasteiger partial charge in [0.25, 0.3) is 0 Å². The van der Waals surface area contributed by atoms with Gasteiger partial charge >= 0.3 is 0 Å². The van der Waals surface area contributed by atoms with Crippen molar-refractivity contribution < 1.29 is 14.6 Å². The molecule has 4 nitrogen and oxygen atoms in total. The Morgan fingerprint density at radius 2 is 1.91 bits per heavy atom. The summed E-state index contributed by atoms with van der Waals surface area (Å²) < 4.78 is 5.84. The summed E-state index contributed by atoms with van der Waals surface area (Å²) in [5.74, 6) is 0.662. The number of hydrogen-bond donors (Lipinski definition) is 2. The highest BCUT2D eigenvalue weighted by Crippen LogP contribution is 2.32. The van der Waals surface area contributed by atoms with Crippen molar-refractivity contribution >= 4 is 28.5 Å². The third-order valence-electron chi connectivity index (χ3n) is 3.56. The molecule has 0 aliphatic rings. The number of carbonyl (C=O) groups is 1. The van der Waals surface area contributed by atoms with Gasteiger partial charge in [0, 0.05) is 13.0 Å². The van der Waals surface area contributed by atoms with Crippen molar-refractivity contribution in [2.24, 2.45) is 0 Å². The van der Waals surface area contributed by atoms with Crippen molar-refractivity contribution in [3.63, 3.8) is 0 Å². The van der Waals surface area contributed by atoms with Gasteiger partial charge in [-0.05, 0) is 46.7 Å². The first-order valence-corrected chi connectivity index (χ1v) is 8.98. The van der Waals surface area contributed by atoms with E-state index < -0.39 is 0 Å². The molecule has 0 aliphatic carbocycles. The first-order valence-electron chi connectivity index (χ1n) is 7.90. The fourth-order valence-corrected chi connectivity index (χ4v) is 2.91. The fraction of sp³-hybridized carbons (Fsp3) is 0.588. The van der Waals surface area contributed by atoms with Gasteiger partial charge in [0.15, 0.2) is 11.5 Å². The highest BCUT2D eigenvalue weighted by molar-refractivity contribution is 14.1. The Morgan fingerprint density at radius 1 is 1.23 bits per heavy atom. The molecule has 0 unspecified atom stereocenters. The van der Waals surface area contributed by atoms with Crippen LogP contribution >= 0.6 is 22.6 Å². The molecule has 1 amide bonds. The lowest BCUT2D eigenvalue weighted by atomic mass is 10.1. The number of phenols is 1. The Balaban J connectivity index is 2.31. The minimum Gasteiger partial charge on any atom is -0.504 e. The topological polar surface area (TPSA) is 58.6 Å². The average Bonchev–Trinajstić information content (AvgIpc) is 2.51. The van der Waals surface area contributed by atoms with Crippen LogP contribution in [0.15, 0.2) is 12.1 Å². The first kappa shape index (κ1) is 19.1. The zero-order valence-electron chi connectivity index (χ0n) is 13.5. The number of methoxy groups -OCH3 is 1. The van der Waals surface area contributed by atoms with Crippen molar-refractivity contribution in [2.75, 3.05) is 7.11 Å². The van der Waals surface area contributed by atoms with E-state index in [1.54, 1.807) is 6.07 Å². The number of phenolic OH excluding ortho intramolecular Hbond substituents is 1. The Bertz CT molecular complexity index is 477. The van der Waals surface area contributed by atoms with Gasteiger partial charge in [-0.25, -0.2) is 0 Å². The van der Waals surface area contributed by atoms with E-state index in [-0.39, 0.29) is 11.7 Å². The maximum Gasteiger partial charge on any atom is 0.220 e. The Morgan fingerprint density at radius 3 is 2.59 bits per heavy atom. The maximum atomic E-state index is 11.8. The molecular formula is C17H26INO3. The zero-order valence-corrected chi connectivity index (χ0v) is 15.6. The van der Waals surface area contributed by atoms with Crippen LogP contribution < -0.4 is 10.1 Å². The standard InChI is InChI=1S/C17H26INO3/c1-3-4-5-6-7-8-9-16(20)19-12-13-10-14(18)17(21)15(11-13)22-2/h10-11,21H,3-9,12H2,1-2H3,(H,19,20). The van der Waals surface area contributed by atoms with Gasteiger partial charge in [-0.1, -0.05) is 39.0 Å². The molecule has 0 saturated carbocycles. The van der Waals surface area contributed by atoms with Gasteiger partial charge in [-0.3, -0.25) is 4.79 Å². The summed E-state index contributed by atoms with van der Waals surface area (Å²) in [6.45, 7) is 2.66. The molecule has 0 saturated heterocycles. The van der Waals surface area contributed by atoms with E-state index in [9.17, 15) is 9.90 Å². The summed E-state index contributed by atoms with van der Waals surface area (Å²) in [6.07, 6.45) is 7.67. The molecule has 0 spiro atoms. The minimum absolute atomic E-state index is 0.0811. The molecule has 1 aromatic carbocycles. The summed E-state index contributed by atoms with van der Waals surface area (Å²) in [7, 11) is 1.52. The number of amides is 1. The second-order valence-corrected chi connectivity index (χ2v) is 6.59. The van der Waals surface area contributed by atoms with Crippen LogP contribution in [0.1, 0.15) is 57.4 Å². The third-order valence-corrected chi connectivity index (χ3v) is 4.38. The molecule has 124 valence electrons. The number of rotatable bonds is 10. The molecule has 5 heteroatoms. The normalized spacial score (nSPS) is 10.5. The van der Waals surface area contributed by atoms with E-state index in [1.165, 1.54) is 32.8 Å². The van der Waals surface area contributed by atoms with E-state index in [0.29, 0.717) is 18.7 Å². The van der Waals surface area contributed by atoms with Gasteiger partial charge in [0.2, 0.25) is 5.91 Å². The molecule has 0 aromatic heterocycles. The summed E-state index contributed by atoms with van der Waals surface area (Å²) in [5.41, 5.74) is 0.926. The quantitative estimate of drug-likeness (QED) is 0.438. The molecule has 0 atom stereocenters. The number of carbonyl (C=O) groups excluding carboxylic acids is 1. The highest BCUT2D eigenvalue weighted by atomic mass is 127. The van der Waals surface area contributed by atoms with Crippen LogP contribution in [0.25, 0.3) is 0 Å². The SMILES string of the molecule is CCCCCCCCC(=O)NCc1cc(I)c(O)c(OC)c1. The third kappa shape index (κ3) is 6.85. The van der Waals surface area contributed by atoms with Crippen molar-refractivity contribution in [1.29, 1.82) is 0 Å². The highest BCUT2D eigenvalue weighted by Gasteiger charge is 2.09. The van der Waals surface area contributed by atoms with Crippen molar-refractivity contribution in [3.8, 4) is 11.5 Å². The number of halogens is 1. The van der Waals surface area contributed by atoms with Gasteiger partial charge in [0.1, 0.15) is 0 Å². The molecular weight excluding hydrogens is 393 g/mol. The Hall–Kier alpha value is -0.980. The van der Waals surface area contributed by atoms with E-state index in [1.807, 2.05) is 6.07 Å². The predicted molar refractivity (Wildman–Crippen MR) is 97.2 cm³/mol. The molecule has 2 N–H and O–H groups in total. The van der Waals surface area contributed by atoms with E-state index in [4.69, 9.17) is 4.74 Å². The molecule has 1 aromatic rings. The molecule has 1 rings (SSSR count). The van der Waals surface area contributed by atoms with Crippen molar-refractivity contribution in [3.05, 3.63) is 21.3 Å². The predicted octanol–water partition coefficient (Wildman–Crippen LogP) is 4.37. The first-order chi connectivity index (χ1) is 10.6. The number of nitrogens with one attached hydrogen (secondary N) is 1. The summed E-state index contributed by atoms with van der Waals surface area (Å²) in [4.78, 5) is 11.8. The summed E-state index contributed by atoms with van der Waals surface area (Å²) >= 11 is 2.05. The lowest BCUT2D eigenvalue weighted by molar-refractivity contribution is -0.121. The van der Waals surface area contributed by atoms with Crippen LogP contribution in [0, 0.1) is 3.57 Å². The molecule has 0 bridgehead atoms. The number of aromatic hydroxyl groups is 1.